The van der Waals surface area contributed by atoms with Gasteiger partial charge in [-0.05, 0) is 30.8 Å². The van der Waals surface area contributed by atoms with Crippen molar-refractivity contribution < 1.29 is 14.4 Å². The largest absolute Gasteiger partial charge is 0.495 e. The molecule has 0 bridgehead atoms. The zero-order valence-corrected chi connectivity index (χ0v) is 15.2. The first-order valence-corrected chi connectivity index (χ1v) is 8.44. The number of aromatic nitrogens is 2. The molecular formula is C17H25N4O2S+. The van der Waals surface area contributed by atoms with Gasteiger partial charge < -0.3 is 19.5 Å². The molecule has 0 fully saturated rings. The highest BCUT2D eigenvalue weighted by atomic mass is 32.1. The monoisotopic (exact) mass is 349 g/mol. The van der Waals surface area contributed by atoms with E-state index in [2.05, 4.69) is 12.2 Å². The maximum Gasteiger partial charge on any atom is 0.279 e. The van der Waals surface area contributed by atoms with E-state index in [4.69, 9.17) is 17.0 Å². The lowest BCUT2D eigenvalue weighted by Gasteiger charge is -2.19. The summed E-state index contributed by atoms with van der Waals surface area (Å²) in [6, 6.07) is 7.41. The molecular weight excluding hydrogens is 324 g/mol. The summed E-state index contributed by atoms with van der Waals surface area (Å²) in [5.41, 5.74) is 0.692. The molecule has 130 valence electrons. The van der Waals surface area contributed by atoms with Crippen molar-refractivity contribution in [3.8, 4) is 5.75 Å². The van der Waals surface area contributed by atoms with Crippen LogP contribution in [0.2, 0.25) is 0 Å². The number of benzene rings is 1. The van der Waals surface area contributed by atoms with Crippen LogP contribution in [0.1, 0.15) is 13.3 Å². The average Bonchev–Trinajstić information content (AvgIpc) is 2.87. The minimum absolute atomic E-state index is 0.0367. The van der Waals surface area contributed by atoms with E-state index in [-0.39, 0.29) is 5.91 Å². The SMILES string of the molecule is CCC[NH+](CC(=O)Nc1ccccc1OC)Cn1ccn(C)c1=S. The Morgan fingerprint density at radius 2 is 2.08 bits per heavy atom. The number of rotatable bonds is 8. The van der Waals surface area contributed by atoms with Gasteiger partial charge in [-0.2, -0.15) is 0 Å². The van der Waals surface area contributed by atoms with Gasteiger partial charge in [-0.15, -0.1) is 0 Å². The number of carbonyl (C=O) groups excluding carboxylic acids is 1. The van der Waals surface area contributed by atoms with Crippen LogP contribution in [-0.4, -0.2) is 35.2 Å². The summed E-state index contributed by atoms with van der Waals surface area (Å²) in [6.45, 7) is 4.06. The molecule has 0 aliphatic carbocycles. The highest BCUT2D eigenvalue weighted by molar-refractivity contribution is 7.71. The summed E-state index contributed by atoms with van der Waals surface area (Å²) >= 11 is 5.38. The Labute approximate surface area is 147 Å². The molecule has 1 heterocycles. The lowest BCUT2D eigenvalue weighted by Crippen LogP contribution is -3.12. The Kier molecular flexibility index (Phi) is 6.57. The molecule has 0 aliphatic heterocycles. The Morgan fingerprint density at radius 3 is 2.71 bits per heavy atom. The smallest absolute Gasteiger partial charge is 0.279 e. The number of imidazole rings is 1. The zero-order chi connectivity index (χ0) is 17.5. The average molecular weight is 349 g/mol. The molecule has 1 unspecified atom stereocenters. The van der Waals surface area contributed by atoms with Crippen LogP contribution in [0, 0.1) is 4.77 Å². The number of quaternary nitrogens is 1. The third kappa shape index (κ3) is 4.69. The first-order valence-electron chi connectivity index (χ1n) is 8.03. The number of hydrogen-bond donors (Lipinski definition) is 2. The number of hydrogen-bond acceptors (Lipinski definition) is 3. The fourth-order valence-corrected chi connectivity index (χ4v) is 2.80. The van der Waals surface area contributed by atoms with Crippen LogP contribution < -0.4 is 15.0 Å². The predicted molar refractivity (Wildman–Crippen MR) is 96.8 cm³/mol. The lowest BCUT2D eigenvalue weighted by molar-refractivity contribution is -0.915. The molecule has 0 saturated heterocycles. The standard InChI is InChI=1S/C17H24N4O2S/c1-4-9-20(13-21-11-10-19(2)17(21)24)12-16(22)18-14-7-5-6-8-15(14)23-3/h5-8,10-11H,4,9,12-13H2,1-3H3,(H,18,22)/p+1. The third-order valence-electron chi connectivity index (χ3n) is 3.81. The second-order valence-corrected chi connectivity index (χ2v) is 6.11. The highest BCUT2D eigenvalue weighted by Crippen LogP contribution is 2.22. The fraction of sp³-hybridized carbons (Fsp3) is 0.412. The molecule has 0 aliphatic rings. The first kappa shape index (κ1) is 18.2. The maximum atomic E-state index is 12.4. The van der Waals surface area contributed by atoms with Crippen molar-refractivity contribution >= 4 is 23.8 Å². The zero-order valence-electron chi connectivity index (χ0n) is 14.4. The molecule has 2 N–H and O–H groups in total. The van der Waals surface area contributed by atoms with E-state index >= 15 is 0 Å². The number of carbonyl (C=O) groups is 1. The van der Waals surface area contributed by atoms with Crippen molar-refractivity contribution in [2.45, 2.75) is 20.0 Å². The number of para-hydroxylation sites is 2. The van der Waals surface area contributed by atoms with Gasteiger partial charge >= 0.3 is 0 Å². The van der Waals surface area contributed by atoms with Gasteiger partial charge in [-0.3, -0.25) is 9.36 Å². The van der Waals surface area contributed by atoms with Crippen LogP contribution in [0.15, 0.2) is 36.7 Å². The molecule has 1 aromatic heterocycles. The Hall–Kier alpha value is -2.12. The second-order valence-electron chi connectivity index (χ2n) is 5.74. The van der Waals surface area contributed by atoms with Crippen LogP contribution in [0.3, 0.4) is 0 Å². The topological polar surface area (TPSA) is 52.6 Å². The third-order valence-corrected chi connectivity index (χ3v) is 4.33. The van der Waals surface area contributed by atoms with Gasteiger partial charge in [0.25, 0.3) is 5.91 Å². The summed E-state index contributed by atoms with van der Waals surface area (Å²) in [5, 5.41) is 2.93. The summed E-state index contributed by atoms with van der Waals surface area (Å²) in [5.74, 6) is 0.624. The quantitative estimate of drug-likeness (QED) is 0.710. The second kappa shape index (κ2) is 8.65. The van der Waals surface area contributed by atoms with Crippen molar-refractivity contribution in [1.29, 1.82) is 0 Å². The number of amides is 1. The van der Waals surface area contributed by atoms with E-state index in [9.17, 15) is 4.79 Å². The van der Waals surface area contributed by atoms with Crippen LogP contribution in [0.25, 0.3) is 0 Å². The molecule has 1 amide bonds. The minimum atomic E-state index is -0.0367. The van der Waals surface area contributed by atoms with Crippen molar-refractivity contribution in [1.82, 2.24) is 9.13 Å². The van der Waals surface area contributed by atoms with E-state index in [1.807, 2.05) is 52.8 Å². The van der Waals surface area contributed by atoms with E-state index in [1.54, 1.807) is 7.11 Å². The summed E-state index contributed by atoms with van der Waals surface area (Å²) in [6.07, 6.45) is 4.88. The predicted octanol–water partition coefficient (Wildman–Crippen LogP) is 1.46. The Balaban J connectivity index is 2.03. The number of aryl methyl sites for hydroxylation is 1. The number of anilines is 1. The van der Waals surface area contributed by atoms with Gasteiger partial charge in [0.15, 0.2) is 18.0 Å². The molecule has 0 saturated carbocycles. The van der Waals surface area contributed by atoms with Crippen molar-refractivity contribution in [2.75, 3.05) is 25.5 Å². The summed E-state index contributed by atoms with van der Waals surface area (Å²) in [7, 11) is 3.52. The number of nitrogens with zero attached hydrogens (tertiary/aromatic N) is 2. The molecule has 7 heteroatoms. The fourth-order valence-electron chi connectivity index (χ4n) is 2.62. The maximum absolute atomic E-state index is 12.4. The Morgan fingerprint density at radius 1 is 1.33 bits per heavy atom. The van der Waals surface area contributed by atoms with Gasteiger partial charge in [0, 0.05) is 19.4 Å². The summed E-state index contributed by atoms with van der Waals surface area (Å²) < 4.78 is 9.92. The van der Waals surface area contributed by atoms with Crippen LogP contribution in [0.5, 0.6) is 5.75 Å². The van der Waals surface area contributed by atoms with E-state index in [1.165, 1.54) is 0 Å². The van der Waals surface area contributed by atoms with Crippen molar-refractivity contribution in [2.24, 2.45) is 7.05 Å². The molecule has 2 aromatic rings. The lowest BCUT2D eigenvalue weighted by atomic mass is 10.3. The molecule has 1 atom stereocenters. The number of nitrogens with one attached hydrogen (secondary N) is 2. The van der Waals surface area contributed by atoms with E-state index < -0.39 is 0 Å². The highest BCUT2D eigenvalue weighted by Gasteiger charge is 2.16. The first-order chi connectivity index (χ1) is 11.5. The summed E-state index contributed by atoms with van der Waals surface area (Å²) in [4.78, 5) is 13.6. The van der Waals surface area contributed by atoms with Crippen LogP contribution in [-0.2, 0) is 18.5 Å². The van der Waals surface area contributed by atoms with Crippen LogP contribution >= 0.6 is 12.2 Å². The van der Waals surface area contributed by atoms with Gasteiger partial charge in [-0.1, -0.05) is 19.1 Å². The van der Waals surface area contributed by atoms with Gasteiger partial charge in [0.1, 0.15) is 5.75 Å². The van der Waals surface area contributed by atoms with Crippen molar-refractivity contribution in [3.05, 3.63) is 41.4 Å². The minimum Gasteiger partial charge on any atom is -0.495 e. The molecule has 1 aromatic carbocycles. The van der Waals surface area contributed by atoms with Crippen molar-refractivity contribution in [3.63, 3.8) is 0 Å². The molecule has 2 rings (SSSR count). The number of ether oxygens (including phenoxy) is 1. The molecule has 6 nitrogen and oxygen atoms in total. The normalized spacial score (nSPS) is 12.0. The van der Waals surface area contributed by atoms with Gasteiger partial charge in [0.05, 0.1) is 19.3 Å². The van der Waals surface area contributed by atoms with E-state index in [0.29, 0.717) is 24.7 Å². The van der Waals surface area contributed by atoms with Gasteiger partial charge in [-0.25, -0.2) is 0 Å². The molecule has 0 spiro atoms. The van der Waals surface area contributed by atoms with Crippen LogP contribution in [0.4, 0.5) is 5.69 Å². The molecule has 24 heavy (non-hydrogen) atoms. The van der Waals surface area contributed by atoms with Gasteiger partial charge in [0.2, 0.25) is 0 Å². The Bertz CT molecular complexity index is 738. The van der Waals surface area contributed by atoms with E-state index in [0.717, 1.165) is 22.6 Å². The number of methoxy groups -OCH3 is 1. The molecule has 0 radical (unpaired) electrons.